The zero-order valence-electron chi connectivity index (χ0n) is 9.53. The standard InChI is InChI=1S/C13H8Cl3NO2/c14-8-2-1-3-9(15)12(8)13-7(6-11(18)19)4-5-10(16)17-13/h1-5H,6H2,(H,18,19). The van der Waals surface area contributed by atoms with Gasteiger partial charge in [0.25, 0.3) is 0 Å². The highest BCUT2D eigenvalue weighted by Gasteiger charge is 2.16. The van der Waals surface area contributed by atoms with E-state index in [0.717, 1.165) is 0 Å². The van der Waals surface area contributed by atoms with Gasteiger partial charge in [-0.2, -0.15) is 0 Å². The van der Waals surface area contributed by atoms with E-state index < -0.39 is 5.97 Å². The maximum Gasteiger partial charge on any atom is 0.307 e. The molecule has 98 valence electrons. The number of halogens is 3. The van der Waals surface area contributed by atoms with Gasteiger partial charge in [-0.25, -0.2) is 4.98 Å². The topological polar surface area (TPSA) is 50.2 Å². The molecule has 19 heavy (non-hydrogen) atoms. The highest BCUT2D eigenvalue weighted by molar-refractivity contribution is 6.39. The molecule has 0 aliphatic heterocycles. The van der Waals surface area contributed by atoms with E-state index in [1.165, 1.54) is 6.07 Å². The van der Waals surface area contributed by atoms with E-state index >= 15 is 0 Å². The van der Waals surface area contributed by atoms with Crippen LogP contribution < -0.4 is 0 Å². The quantitative estimate of drug-likeness (QED) is 0.857. The third-order valence-corrected chi connectivity index (χ3v) is 3.33. The Morgan fingerprint density at radius 1 is 1.11 bits per heavy atom. The lowest BCUT2D eigenvalue weighted by atomic mass is 10.0. The van der Waals surface area contributed by atoms with Crippen LogP contribution in [-0.4, -0.2) is 16.1 Å². The first-order valence-corrected chi connectivity index (χ1v) is 6.44. The van der Waals surface area contributed by atoms with Crippen LogP contribution in [0.1, 0.15) is 5.56 Å². The summed E-state index contributed by atoms with van der Waals surface area (Å²) in [5.74, 6) is -0.964. The molecule has 0 aliphatic rings. The Labute approximate surface area is 124 Å². The van der Waals surface area contributed by atoms with Gasteiger partial charge in [0.2, 0.25) is 0 Å². The summed E-state index contributed by atoms with van der Waals surface area (Å²) in [4.78, 5) is 15.0. The molecule has 0 unspecified atom stereocenters. The van der Waals surface area contributed by atoms with Crippen molar-refractivity contribution in [1.29, 1.82) is 0 Å². The highest BCUT2D eigenvalue weighted by Crippen LogP contribution is 2.36. The van der Waals surface area contributed by atoms with Gasteiger partial charge in [0.1, 0.15) is 5.15 Å². The first-order valence-electron chi connectivity index (χ1n) is 5.30. The number of carbonyl (C=O) groups is 1. The second-order valence-electron chi connectivity index (χ2n) is 3.81. The van der Waals surface area contributed by atoms with Crippen LogP contribution in [0.2, 0.25) is 15.2 Å². The predicted molar refractivity (Wildman–Crippen MR) is 76.0 cm³/mol. The second-order valence-corrected chi connectivity index (χ2v) is 5.01. The number of pyridine rings is 1. The smallest absolute Gasteiger partial charge is 0.307 e. The first kappa shape index (κ1) is 14.1. The molecule has 0 fully saturated rings. The van der Waals surface area contributed by atoms with Crippen molar-refractivity contribution < 1.29 is 9.90 Å². The summed E-state index contributed by atoms with van der Waals surface area (Å²) in [6.45, 7) is 0. The van der Waals surface area contributed by atoms with Crippen molar-refractivity contribution in [2.45, 2.75) is 6.42 Å². The molecule has 2 aromatic rings. The highest BCUT2D eigenvalue weighted by atomic mass is 35.5. The van der Waals surface area contributed by atoms with E-state index in [0.29, 0.717) is 26.9 Å². The van der Waals surface area contributed by atoms with Crippen molar-refractivity contribution in [2.75, 3.05) is 0 Å². The summed E-state index contributed by atoms with van der Waals surface area (Å²) in [5, 5.41) is 9.96. The van der Waals surface area contributed by atoms with Gasteiger partial charge in [-0.1, -0.05) is 46.9 Å². The van der Waals surface area contributed by atoms with Crippen LogP contribution in [0.25, 0.3) is 11.3 Å². The molecule has 1 aromatic heterocycles. The van der Waals surface area contributed by atoms with E-state index in [1.54, 1.807) is 24.3 Å². The maximum absolute atomic E-state index is 10.9. The van der Waals surface area contributed by atoms with E-state index in [9.17, 15) is 4.79 Å². The van der Waals surface area contributed by atoms with Gasteiger partial charge in [0, 0.05) is 5.56 Å². The molecule has 1 heterocycles. The Morgan fingerprint density at radius 3 is 2.32 bits per heavy atom. The Hall–Kier alpha value is -1.29. The fourth-order valence-corrected chi connectivity index (χ4v) is 2.43. The molecule has 0 aliphatic carbocycles. The number of aliphatic carboxylic acids is 1. The van der Waals surface area contributed by atoms with Gasteiger partial charge >= 0.3 is 5.97 Å². The average molecular weight is 317 g/mol. The Morgan fingerprint density at radius 2 is 1.74 bits per heavy atom. The SMILES string of the molecule is O=C(O)Cc1ccc(Cl)nc1-c1c(Cl)cccc1Cl. The number of hydrogen-bond donors (Lipinski definition) is 1. The molecule has 0 spiro atoms. The number of benzene rings is 1. The summed E-state index contributed by atoms with van der Waals surface area (Å²) >= 11 is 18.1. The van der Waals surface area contributed by atoms with Gasteiger partial charge < -0.3 is 5.11 Å². The molecule has 0 atom stereocenters. The summed E-state index contributed by atoms with van der Waals surface area (Å²) in [5.41, 5.74) is 1.39. The molecule has 3 nitrogen and oxygen atoms in total. The number of carboxylic acid groups (broad SMARTS) is 1. The van der Waals surface area contributed by atoms with Gasteiger partial charge in [0.05, 0.1) is 22.2 Å². The van der Waals surface area contributed by atoms with Gasteiger partial charge in [-0.3, -0.25) is 4.79 Å². The number of nitrogens with zero attached hydrogens (tertiary/aromatic N) is 1. The van der Waals surface area contributed by atoms with Crippen LogP contribution in [0.5, 0.6) is 0 Å². The fraction of sp³-hybridized carbons (Fsp3) is 0.0769. The van der Waals surface area contributed by atoms with E-state index in [2.05, 4.69) is 4.98 Å². The van der Waals surface area contributed by atoms with E-state index in [4.69, 9.17) is 39.9 Å². The van der Waals surface area contributed by atoms with Gasteiger partial charge in [-0.05, 0) is 23.8 Å². The molecule has 0 bridgehead atoms. The average Bonchev–Trinajstić information content (AvgIpc) is 2.31. The van der Waals surface area contributed by atoms with Crippen LogP contribution in [0.3, 0.4) is 0 Å². The molecule has 0 saturated heterocycles. The predicted octanol–water partition coefficient (Wildman–Crippen LogP) is 4.34. The van der Waals surface area contributed by atoms with Crippen LogP contribution >= 0.6 is 34.8 Å². The maximum atomic E-state index is 10.9. The van der Waals surface area contributed by atoms with Gasteiger partial charge in [-0.15, -0.1) is 0 Å². The molecule has 2 rings (SSSR count). The normalized spacial score (nSPS) is 10.5. The summed E-state index contributed by atoms with van der Waals surface area (Å²) in [6, 6.07) is 8.17. The lowest BCUT2D eigenvalue weighted by Crippen LogP contribution is -2.03. The minimum Gasteiger partial charge on any atom is -0.481 e. The second kappa shape index (κ2) is 5.78. The van der Waals surface area contributed by atoms with Crippen LogP contribution in [0, 0.1) is 0 Å². The molecule has 0 amide bonds. The van der Waals surface area contributed by atoms with Crippen molar-refractivity contribution in [3.8, 4) is 11.3 Å². The molecular formula is C13H8Cl3NO2. The molecule has 0 radical (unpaired) electrons. The molecule has 0 saturated carbocycles. The van der Waals surface area contributed by atoms with E-state index in [-0.39, 0.29) is 11.6 Å². The summed E-state index contributed by atoms with van der Waals surface area (Å²) in [6.07, 6.45) is -0.180. The molecule has 6 heteroatoms. The van der Waals surface area contributed by atoms with E-state index in [1.807, 2.05) is 0 Å². The lowest BCUT2D eigenvalue weighted by molar-refractivity contribution is -0.136. The van der Waals surface area contributed by atoms with Crippen molar-refractivity contribution in [3.63, 3.8) is 0 Å². The van der Waals surface area contributed by atoms with Crippen molar-refractivity contribution >= 4 is 40.8 Å². The van der Waals surface area contributed by atoms with Crippen LogP contribution in [0.4, 0.5) is 0 Å². The Bertz CT molecular complexity index is 624. The van der Waals surface area contributed by atoms with Crippen LogP contribution in [0.15, 0.2) is 30.3 Å². The Balaban J connectivity index is 2.66. The van der Waals surface area contributed by atoms with Gasteiger partial charge in [0.15, 0.2) is 0 Å². The zero-order valence-corrected chi connectivity index (χ0v) is 11.8. The first-order chi connectivity index (χ1) is 8.99. The number of hydrogen-bond acceptors (Lipinski definition) is 2. The molecule has 1 aromatic carbocycles. The minimum atomic E-state index is -0.964. The third kappa shape index (κ3) is 3.18. The number of rotatable bonds is 3. The lowest BCUT2D eigenvalue weighted by Gasteiger charge is -2.11. The summed E-state index contributed by atoms with van der Waals surface area (Å²) < 4.78 is 0. The summed E-state index contributed by atoms with van der Waals surface area (Å²) in [7, 11) is 0. The minimum absolute atomic E-state index is 0.180. The monoisotopic (exact) mass is 315 g/mol. The van der Waals surface area contributed by atoms with Crippen molar-refractivity contribution in [2.24, 2.45) is 0 Å². The molecular weight excluding hydrogens is 309 g/mol. The molecule has 1 N–H and O–H groups in total. The Kier molecular flexibility index (Phi) is 4.30. The van der Waals surface area contributed by atoms with Crippen molar-refractivity contribution in [1.82, 2.24) is 4.98 Å². The number of carboxylic acids is 1. The fourth-order valence-electron chi connectivity index (χ4n) is 1.71. The largest absolute Gasteiger partial charge is 0.481 e. The van der Waals surface area contributed by atoms with Crippen molar-refractivity contribution in [3.05, 3.63) is 51.1 Å². The van der Waals surface area contributed by atoms with Crippen LogP contribution in [-0.2, 0) is 11.2 Å². The third-order valence-electron chi connectivity index (χ3n) is 2.49. The zero-order chi connectivity index (χ0) is 14.0. The number of aromatic nitrogens is 1.